The maximum atomic E-state index is 12.7. The molecule has 1 atom stereocenters. The fraction of sp³-hybridized carbons (Fsp3) is 0.526. The average Bonchev–Trinajstić information content (AvgIpc) is 2.46. The van der Waals surface area contributed by atoms with E-state index in [4.69, 9.17) is 4.74 Å². The van der Waals surface area contributed by atoms with Gasteiger partial charge in [-0.15, -0.1) is 0 Å². The van der Waals surface area contributed by atoms with E-state index in [-0.39, 0.29) is 18.2 Å². The highest BCUT2D eigenvalue weighted by atomic mass is 16.6. The van der Waals surface area contributed by atoms with Gasteiger partial charge in [0.15, 0.2) is 5.60 Å². The van der Waals surface area contributed by atoms with Crippen LogP contribution in [0.3, 0.4) is 0 Å². The molecule has 0 aliphatic heterocycles. The van der Waals surface area contributed by atoms with E-state index < -0.39 is 5.60 Å². The fourth-order valence-electron chi connectivity index (χ4n) is 2.80. The van der Waals surface area contributed by atoms with Gasteiger partial charge in [0.2, 0.25) is 0 Å². The summed E-state index contributed by atoms with van der Waals surface area (Å²) in [5.74, 6) is 0. The van der Waals surface area contributed by atoms with Crippen LogP contribution in [0.4, 0.5) is 4.79 Å². The van der Waals surface area contributed by atoms with Crippen molar-refractivity contribution in [2.75, 3.05) is 0 Å². The molecule has 1 aromatic rings. The smallest absolute Gasteiger partial charge is 0.411 e. The number of amides is 1. The number of hydrogen-bond acceptors (Lipinski definition) is 2. The maximum absolute atomic E-state index is 12.7. The number of ether oxygens (including phenoxy) is 1. The molecule has 0 aliphatic carbocycles. The molecule has 0 unspecified atom stereocenters. The zero-order valence-corrected chi connectivity index (χ0v) is 14.7. The first-order chi connectivity index (χ1) is 10.4. The third-order valence-electron chi connectivity index (χ3n) is 3.82. The second-order valence-electron chi connectivity index (χ2n) is 6.07. The molecule has 0 fully saturated rings. The minimum atomic E-state index is -0.713. The van der Waals surface area contributed by atoms with Crippen molar-refractivity contribution >= 4 is 6.09 Å². The van der Waals surface area contributed by atoms with Gasteiger partial charge in [-0.05, 0) is 52.7 Å². The van der Waals surface area contributed by atoms with Crippen LogP contribution in [0.2, 0.25) is 0 Å². The minimum absolute atomic E-state index is 0.100. The summed E-state index contributed by atoms with van der Waals surface area (Å²) in [5, 5.41) is 0. The highest BCUT2D eigenvalue weighted by Crippen LogP contribution is 2.32. The molecule has 0 saturated heterocycles. The molecule has 122 valence electrons. The van der Waals surface area contributed by atoms with Crippen molar-refractivity contribution in [3.05, 3.63) is 48.0 Å². The third-order valence-corrected chi connectivity index (χ3v) is 3.82. The molecule has 0 spiro atoms. The molecule has 3 nitrogen and oxygen atoms in total. The molecule has 0 aliphatic rings. The Balaban J connectivity index is 3.17. The van der Waals surface area contributed by atoms with Crippen molar-refractivity contribution in [1.82, 2.24) is 4.90 Å². The van der Waals surface area contributed by atoms with Crippen LogP contribution in [0.25, 0.3) is 0 Å². The number of benzene rings is 1. The standard InChI is InChI=1S/C19H29NO2/c1-7-14-19(8-2,17-12-10-9-11-13-17)22-18(21)20(15(3)4)16(5)6/h7,9-16H,8H2,1-6H3/b14-7+/t19-/m0/s1. The zero-order chi connectivity index (χ0) is 16.8. The molecule has 1 rings (SSSR count). The van der Waals surface area contributed by atoms with Crippen LogP contribution in [0.5, 0.6) is 0 Å². The van der Waals surface area contributed by atoms with Gasteiger partial charge in [0.1, 0.15) is 0 Å². The molecule has 1 amide bonds. The van der Waals surface area contributed by atoms with E-state index in [2.05, 4.69) is 0 Å². The second kappa shape index (κ2) is 8.02. The minimum Gasteiger partial charge on any atom is -0.434 e. The molecule has 0 bridgehead atoms. The lowest BCUT2D eigenvalue weighted by molar-refractivity contribution is 0.00333. The molecular formula is C19H29NO2. The van der Waals surface area contributed by atoms with Crippen LogP contribution < -0.4 is 0 Å². The number of carbonyl (C=O) groups is 1. The SMILES string of the molecule is C/C=C/[C@](CC)(OC(=O)N(C(C)C)C(C)C)c1ccccc1. The Morgan fingerprint density at radius 1 is 1.18 bits per heavy atom. The zero-order valence-electron chi connectivity index (χ0n) is 14.7. The number of carbonyl (C=O) groups excluding carboxylic acids is 1. The van der Waals surface area contributed by atoms with Gasteiger partial charge in [0.25, 0.3) is 0 Å². The predicted molar refractivity (Wildman–Crippen MR) is 91.8 cm³/mol. The van der Waals surface area contributed by atoms with Crippen molar-refractivity contribution in [3.63, 3.8) is 0 Å². The topological polar surface area (TPSA) is 29.5 Å². The summed E-state index contributed by atoms with van der Waals surface area (Å²) in [6, 6.07) is 10.1. The highest BCUT2D eigenvalue weighted by Gasteiger charge is 2.34. The van der Waals surface area contributed by atoms with Crippen molar-refractivity contribution < 1.29 is 9.53 Å². The highest BCUT2D eigenvalue weighted by molar-refractivity contribution is 5.69. The number of hydrogen-bond donors (Lipinski definition) is 0. The molecule has 0 aromatic heterocycles. The van der Waals surface area contributed by atoms with Gasteiger partial charge in [-0.25, -0.2) is 4.79 Å². The van der Waals surface area contributed by atoms with Crippen molar-refractivity contribution in [2.24, 2.45) is 0 Å². The monoisotopic (exact) mass is 303 g/mol. The first-order valence-electron chi connectivity index (χ1n) is 8.08. The van der Waals surface area contributed by atoms with E-state index in [1.165, 1.54) is 0 Å². The van der Waals surface area contributed by atoms with Crippen LogP contribution >= 0.6 is 0 Å². The molecule has 0 radical (unpaired) electrons. The molecule has 3 heteroatoms. The normalized spacial score (nSPS) is 14.4. The van der Waals surface area contributed by atoms with Gasteiger partial charge in [-0.2, -0.15) is 0 Å². The quantitative estimate of drug-likeness (QED) is 0.682. The fourth-order valence-corrected chi connectivity index (χ4v) is 2.80. The number of nitrogens with zero attached hydrogens (tertiary/aromatic N) is 1. The number of allylic oxidation sites excluding steroid dienone is 1. The number of rotatable bonds is 6. The van der Waals surface area contributed by atoms with Gasteiger partial charge in [-0.1, -0.05) is 43.3 Å². The Morgan fingerprint density at radius 2 is 1.73 bits per heavy atom. The van der Waals surface area contributed by atoms with Crippen LogP contribution in [0, 0.1) is 0 Å². The molecule has 1 aromatic carbocycles. The van der Waals surface area contributed by atoms with Gasteiger partial charge in [0.05, 0.1) is 0 Å². The second-order valence-corrected chi connectivity index (χ2v) is 6.07. The first-order valence-corrected chi connectivity index (χ1v) is 8.08. The summed E-state index contributed by atoms with van der Waals surface area (Å²) in [6.07, 6.45) is 4.34. The van der Waals surface area contributed by atoms with Crippen molar-refractivity contribution in [1.29, 1.82) is 0 Å². The van der Waals surface area contributed by atoms with Crippen LogP contribution in [-0.2, 0) is 10.3 Å². The predicted octanol–water partition coefficient (Wildman–Crippen LogP) is 5.12. The van der Waals surface area contributed by atoms with Gasteiger partial charge in [-0.3, -0.25) is 0 Å². The summed E-state index contributed by atoms with van der Waals surface area (Å²) >= 11 is 0. The lowest BCUT2D eigenvalue weighted by atomic mass is 9.90. The van der Waals surface area contributed by atoms with Crippen LogP contribution in [0.15, 0.2) is 42.5 Å². The van der Waals surface area contributed by atoms with Crippen molar-refractivity contribution in [3.8, 4) is 0 Å². The van der Waals surface area contributed by atoms with E-state index >= 15 is 0 Å². The first kappa shape index (κ1) is 18.3. The largest absolute Gasteiger partial charge is 0.434 e. The molecule has 0 saturated carbocycles. The average molecular weight is 303 g/mol. The Morgan fingerprint density at radius 3 is 2.14 bits per heavy atom. The van der Waals surface area contributed by atoms with Gasteiger partial charge < -0.3 is 9.64 Å². The van der Waals surface area contributed by atoms with Gasteiger partial charge >= 0.3 is 6.09 Å². The summed E-state index contributed by atoms with van der Waals surface area (Å²) in [7, 11) is 0. The molecule has 0 heterocycles. The van der Waals surface area contributed by atoms with E-state index in [1.54, 1.807) is 4.90 Å². The molecular weight excluding hydrogens is 274 g/mol. The van der Waals surface area contributed by atoms with E-state index in [1.807, 2.05) is 84.0 Å². The third kappa shape index (κ3) is 4.12. The lowest BCUT2D eigenvalue weighted by Gasteiger charge is -2.36. The summed E-state index contributed by atoms with van der Waals surface area (Å²) < 4.78 is 6.00. The summed E-state index contributed by atoms with van der Waals surface area (Å²) in [6.45, 7) is 12.0. The van der Waals surface area contributed by atoms with E-state index in [0.717, 1.165) is 5.56 Å². The Hall–Kier alpha value is -1.77. The molecule has 22 heavy (non-hydrogen) atoms. The van der Waals surface area contributed by atoms with Crippen LogP contribution in [0.1, 0.15) is 53.5 Å². The van der Waals surface area contributed by atoms with E-state index in [0.29, 0.717) is 6.42 Å². The molecule has 0 N–H and O–H groups in total. The lowest BCUT2D eigenvalue weighted by Crippen LogP contribution is -2.45. The Bertz CT molecular complexity index is 485. The van der Waals surface area contributed by atoms with Crippen LogP contribution in [-0.4, -0.2) is 23.1 Å². The van der Waals surface area contributed by atoms with Crippen molar-refractivity contribution in [2.45, 2.75) is 65.6 Å². The Kier molecular flexibility index (Phi) is 6.66. The Labute approximate surface area is 135 Å². The van der Waals surface area contributed by atoms with E-state index in [9.17, 15) is 4.79 Å². The maximum Gasteiger partial charge on any atom is 0.411 e. The van der Waals surface area contributed by atoms with Gasteiger partial charge in [0, 0.05) is 12.1 Å². The summed E-state index contributed by atoms with van der Waals surface area (Å²) in [5.41, 5.74) is 0.284. The summed E-state index contributed by atoms with van der Waals surface area (Å²) in [4.78, 5) is 14.5.